The molecule has 7 heteroatoms. The molecule has 0 saturated heterocycles. The topological polar surface area (TPSA) is 70.7 Å². The van der Waals surface area contributed by atoms with Crippen LogP contribution in [0.25, 0.3) is 17.2 Å². The Bertz CT molecular complexity index is 1150. The standard InChI is InChI=1S/C22H22N6O/c1-15-13-27(14-23-15)19-11-10-18(24-22(19)29-2)20-25-21-17(9-6-12-28(21)26-20)16-7-4-3-5-8-16/h3-5,7-8,10-11,13-14,17H,6,9,12H2,1-2H3/t17-/m1/s1. The van der Waals surface area contributed by atoms with Crippen molar-refractivity contribution in [3.05, 3.63) is 72.1 Å². The Morgan fingerprint density at radius 2 is 1.93 bits per heavy atom. The molecule has 1 atom stereocenters. The summed E-state index contributed by atoms with van der Waals surface area (Å²) in [4.78, 5) is 13.8. The Morgan fingerprint density at radius 1 is 1.07 bits per heavy atom. The van der Waals surface area contributed by atoms with Gasteiger partial charge >= 0.3 is 0 Å². The minimum atomic E-state index is 0.265. The average molecular weight is 386 g/mol. The van der Waals surface area contributed by atoms with Crippen LogP contribution < -0.4 is 4.74 Å². The van der Waals surface area contributed by atoms with Crippen molar-refractivity contribution >= 4 is 0 Å². The van der Waals surface area contributed by atoms with E-state index in [1.54, 1.807) is 13.4 Å². The summed E-state index contributed by atoms with van der Waals surface area (Å²) in [6, 6.07) is 14.4. The van der Waals surface area contributed by atoms with Crippen molar-refractivity contribution in [2.75, 3.05) is 7.11 Å². The maximum absolute atomic E-state index is 5.54. The number of nitrogens with zero attached hydrogens (tertiary/aromatic N) is 6. The van der Waals surface area contributed by atoms with E-state index < -0.39 is 0 Å². The number of pyridine rings is 1. The van der Waals surface area contributed by atoms with Crippen molar-refractivity contribution in [2.45, 2.75) is 32.2 Å². The molecule has 1 aromatic carbocycles. The van der Waals surface area contributed by atoms with Crippen molar-refractivity contribution in [1.82, 2.24) is 29.3 Å². The lowest BCUT2D eigenvalue weighted by Crippen LogP contribution is -2.17. The Kier molecular flexibility index (Phi) is 4.35. The van der Waals surface area contributed by atoms with Crippen LogP contribution >= 0.6 is 0 Å². The Balaban J connectivity index is 1.53. The zero-order valence-electron chi connectivity index (χ0n) is 16.5. The molecule has 1 aliphatic heterocycles. The molecule has 7 nitrogen and oxygen atoms in total. The third-order valence-electron chi connectivity index (χ3n) is 5.33. The van der Waals surface area contributed by atoms with Gasteiger partial charge in [0.2, 0.25) is 5.88 Å². The molecule has 0 fully saturated rings. The third-order valence-corrected chi connectivity index (χ3v) is 5.33. The average Bonchev–Trinajstić information content (AvgIpc) is 3.40. The van der Waals surface area contributed by atoms with Crippen molar-refractivity contribution in [2.24, 2.45) is 0 Å². The quantitative estimate of drug-likeness (QED) is 0.534. The Morgan fingerprint density at radius 3 is 2.69 bits per heavy atom. The van der Waals surface area contributed by atoms with Crippen LogP contribution in [0.4, 0.5) is 0 Å². The monoisotopic (exact) mass is 386 g/mol. The van der Waals surface area contributed by atoms with Gasteiger partial charge in [-0.1, -0.05) is 30.3 Å². The summed E-state index contributed by atoms with van der Waals surface area (Å²) in [5.41, 5.74) is 3.76. The van der Waals surface area contributed by atoms with Crippen LogP contribution in [-0.2, 0) is 6.54 Å². The van der Waals surface area contributed by atoms with Crippen molar-refractivity contribution < 1.29 is 4.74 Å². The smallest absolute Gasteiger partial charge is 0.238 e. The number of rotatable bonds is 4. The fourth-order valence-corrected chi connectivity index (χ4v) is 3.92. The zero-order valence-corrected chi connectivity index (χ0v) is 16.5. The molecule has 29 heavy (non-hydrogen) atoms. The van der Waals surface area contributed by atoms with Gasteiger partial charge in [0, 0.05) is 18.7 Å². The van der Waals surface area contributed by atoms with Gasteiger partial charge in [-0.3, -0.25) is 0 Å². The Labute approximate surface area is 169 Å². The number of methoxy groups -OCH3 is 1. The SMILES string of the molecule is COc1nc(-c2nc3n(n2)CCC[C@@H]3c2ccccc2)ccc1-n1cnc(C)c1. The van der Waals surface area contributed by atoms with Crippen LogP contribution in [0.5, 0.6) is 5.88 Å². The van der Waals surface area contributed by atoms with Gasteiger partial charge in [0.1, 0.15) is 17.2 Å². The van der Waals surface area contributed by atoms with E-state index in [0.29, 0.717) is 17.4 Å². The predicted molar refractivity (Wildman–Crippen MR) is 109 cm³/mol. The molecule has 0 spiro atoms. The summed E-state index contributed by atoms with van der Waals surface area (Å²) in [6.45, 7) is 2.84. The second-order valence-electron chi connectivity index (χ2n) is 7.27. The number of aryl methyl sites for hydroxylation is 2. The summed E-state index contributed by atoms with van der Waals surface area (Å²) >= 11 is 0. The highest BCUT2D eigenvalue weighted by molar-refractivity contribution is 5.55. The molecule has 146 valence electrons. The number of hydrogen-bond acceptors (Lipinski definition) is 5. The summed E-state index contributed by atoms with van der Waals surface area (Å²) < 4.78 is 9.47. The number of ether oxygens (including phenoxy) is 1. The maximum Gasteiger partial charge on any atom is 0.238 e. The van der Waals surface area contributed by atoms with Crippen LogP contribution in [0.2, 0.25) is 0 Å². The Hall–Kier alpha value is -3.48. The van der Waals surface area contributed by atoms with Gasteiger partial charge in [0.05, 0.1) is 19.1 Å². The molecule has 0 saturated carbocycles. The fourth-order valence-electron chi connectivity index (χ4n) is 3.92. The lowest BCUT2D eigenvalue weighted by Gasteiger charge is -2.22. The first-order valence-electron chi connectivity index (χ1n) is 9.79. The van der Waals surface area contributed by atoms with E-state index in [1.807, 2.05) is 40.6 Å². The van der Waals surface area contributed by atoms with E-state index in [1.165, 1.54) is 5.56 Å². The van der Waals surface area contributed by atoms with E-state index in [9.17, 15) is 0 Å². The summed E-state index contributed by atoms with van der Waals surface area (Å²) in [6.07, 6.45) is 5.87. The van der Waals surface area contributed by atoms with Gasteiger partial charge in [-0.05, 0) is 37.5 Å². The normalized spacial score (nSPS) is 15.9. The van der Waals surface area contributed by atoms with Gasteiger partial charge in [-0.15, -0.1) is 5.10 Å². The molecule has 0 bridgehead atoms. The highest BCUT2D eigenvalue weighted by Gasteiger charge is 2.26. The lowest BCUT2D eigenvalue weighted by atomic mass is 9.91. The van der Waals surface area contributed by atoms with E-state index in [2.05, 4.69) is 34.2 Å². The van der Waals surface area contributed by atoms with Crippen LogP contribution in [-0.4, -0.2) is 36.4 Å². The van der Waals surface area contributed by atoms with E-state index in [0.717, 1.165) is 36.6 Å². The highest BCUT2D eigenvalue weighted by atomic mass is 16.5. The van der Waals surface area contributed by atoms with Crippen LogP contribution in [0.15, 0.2) is 55.0 Å². The molecule has 0 aliphatic carbocycles. The fraction of sp³-hybridized carbons (Fsp3) is 0.273. The first-order chi connectivity index (χ1) is 14.2. The molecule has 4 aromatic rings. The number of hydrogen-bond donors (Lipinski definition) is 0. The van der Waals surface area contributed by atoms with Crippen LogP contribution in [0.1, 0.15) is 35.8 Å². The molecular formula is C22H22N6O. The molecule has 4 heterocycles. The first-order valence-corrected chi connectivity index (χ1v) is 9.79. The molecule has 0 radical (unpaired) electrons. The van der Waals surface area contributed by atoms with Gasteiger partial charge in [0.15, 0.2) is 5.82 Å². The lowest BCUT2D eigenvalue weighted by molar-refractivity contribution is 0.396. The molecule has 0 amide bonds. The van der Waals surface area contributed by atoms with Crippen LogP contribution in [0.3, 0.4) is 0 Å². The molecule has 1 aliphatic rings. The first kappa shape index (κ1) is 17.6. The van der Waals surface area contributed by atoms with Gasteiger partial charge in [0.25, 0.3) is 0 Å². The zero-order chi connectivity index (χ0) is 19.8. The summed E-state index contributed by atoms with van der Waals surface area (Å²) in [5, 5.41) is 4.75. The number of aromatic nitrogens is 6. The number of imidazole rings is 1. The van der Waals surface area contributed by atoms with Crippen molar-refractivity contribution in [3.63, 3.8) is 0 Å². The van der Waals surface area contributed by atoms with E-state index in [4.69, 9.17) is 14.8 Å². The molecule has 0 unspecified atom stereocenters. The summed E-state index contributed by atoms with van der Waals surface area (Å²) in [7, 11) is 1.62. The van der Waals surface area contributed by atoms with Gasteiger partial charge in [-0.25, -0.2) is 19.6 Å². The molecule has 3 aromatic heterocycles. The van der Waals surface area contributed by atoms with Crippen LogP contribution in [0, 0.1) is 6.92 Å². The minimum Gasteiger partial charge on any atom is -0.479 e. The van der Waals surface area contributed by atoms with Gasteiger partial charge in [-0.2, -0.15) is 0 Å². The third kappa shape index (κ3) is 3.18. The molecule has 5 rings (SSSR count). The minimum absolute atomic E-state index is 0.265. The largest absolute Gasteiger partial charge is 0.479 e. The van der Waals surface area contributed by atoms with E-state index in [-0.39, 0.29) is 5.92 Å². The maximum atomic E-state index is 5.54. The second-order valence-corrected chi connectivity index (χ2v) is 7.27. The van der Waals surface area contributed by atoms with Crippen molar-refractivity contribution in [1.29, 1.82) is 0 Å². The predicted octanol–water partition coefficient (Wildman–Crippen LogP) is 3.77. The number of fused-ring (bicyclic) bond motifs is 1. The molecule has 0 N–H and O–H groups in total. The van der Waals surface area contributed by atoms with E-state index >= 15 is 0 Å². The molecular weight excluding hydrogens is 364 g/mol. The highest BCUT2D eigenvalue weighted by Crippen LogP contribution is 2.33. The van der Waals surface area contributed by atoms with Gasteiger partial charge < -0.3 is 9.30 Å². The second kappa shape index (κ2) is 7.16. The number of benzene rings is 1. The summed E-state index contributed by atoms with van der Waals surface area (Å²) in [5.74, 6) is 2.43. The van der Waals surface area contributed by atoms with Crippen molar-refractivity contribution in [3.8, 4) is 23.1 Å².